The molecular weight excluding hydrogens is 361 g/mol. The van der Waals surface area contributed by atoms with E-state index in [2.05, 4.69) is 92.0 Å². The maximum absolute atomic E-state index is 6.28. The first-order chi connectivity index (χ1) is 13.7. The van der Waals surface area contributed by atoms with Crippen LogP contribution in [0.5, 0.6) is 5.75 Å². The highest BCUT2D eigenvalue weighted by Crippen LogP contribution is 2.47. The lowest BCUT2D eigenvalue weighted by Crippen LogP contribution is -2.22. The van der Waals surface area contributed by atoms with Crippen molar-refractivity contribution in [3.05, 3.63) is 95.6 Å². The third kappa shape index (κ3) is 5.01. The van der Waals surface area contributed by atoms with Gasteiger partial charge in [-0.1, -0.05) is 95.2 Å². The highest BCUT2D eigenvalue weighted by molar-refractivity contribution is 7.48. The number of hydrogen-bond donors (Lipinski definition) is 1. The molecule has 2 atom stereocenters. The van der Waals surface area contributed by atoms with Gasteiger partial charge in [0.05, 0.1) is 0 Å². The minimum atomic E-state index is 0.0388. The zero-order valence-corrected chi connectivity index (χ0v) is 18.0. The Morgan fingerprint density at radius 3 is 2.32 bits per heavy atom. The van der Waals surface area contributed by atoms with Gasteiger partial charge in [0, 0.05) is 17.3 Å². The Hall–Kier alpha value is -2.15. The molecule has 0 bridgehead atoms. The molecule has 0 heterocycles. The normalized spacial score (nSPS) is 13.5. The number of para-hydroxylation sites is 1. The summed E-state index contributed by atoms with van der Waals surface area (Å²) in [5.41, 5.74) is 3.87. The Morgan fingerprint density at radius 2 is 1.57 bits per heavy atom. The van der Waals surface area contributed by atoms with Gasteiger partial charge in [0.15, 0.2) is 0 Å². The molecule has 0 saturated heterocycles. The largest absolute Gasteiger partial charge is 0.489 e. The lowest BCUT2D eigenvalue weighted by molar-refractivity contribution is 0.300. The van der Waals surface area contributed by atoms with Crippen molar-refractivity contribution >= 4 is 13.9 Å². The van der Waals surface area contributed by atoms with Gasteiger partial charge in [-0.05, 0) is 36.0 Å². The predicted molar refractivity (Wildman–Crippen MR) is 122 cm³/mol. The van der Waals surface area contributed by atoms with Gasteiger partial charge >= 0.3 is 0 Å². The molecule has 0 aromatic heterocycles. The van der Waals surface area contributed by atoms with E-state index in [1.807, 2.05) is 13.1 Å². The first-order valence-electron chi connectivity index (χ1n) is 9.93. The van der Waals surface area contributed by atoms with Gasteiger partial charge in [0.25, 0.3) is 0 Å². The molecule has 2 unspecified atom stereocenters. The average Bonchev–Trinajstić information content (AvgIpc) is 2.75. The van der Waals surface area contributed by atoms with Crippen molar-refractivity contribution in [2.24, 2.45) is 0 Å². The molecule has 0 radical (unpaired) electrons. The Bertz CT molecular complexity index is 880. The van der Waals surface area contributed by atoms with Crippen molar-refractivity contribution in [1.29, 1.82) is 0 Å². The second kappa shape index (κ2) is 9.87. The number of benzene rings is 3. The van der Waals surface area contributed by atoms with Crippen LogP contribution in [-0.4, -0.2) is 7.05 Å². The Labute approximate surface area is 171 Å². The van der Waals surface area contributed by atoms with Gasteiger partial charge < -0.3 is 10.1 Å². The molecule has 3 aromatic rings. The topological polar surface area (TPSA) is 21.3 Å². The predicted octanol–water partition coefficient (Wildman–Crippen LogP) is 5.61. The van der Waals surface area contributed by atoms with Crippen molar-refractivity contribution in [2.45, 2.75) is 38.6 Å². The summed E-state index contributed by atoms with van der Waals surface area (Å²) < 4.78 is 6.28. The van der Waals surface area contributed by atoms with Gasteiger partial charge in [-0.15, -0.1) is 0 Å². The first-order valence-corrected chi connectivity index (χ1v) is 10.9. The molecule has 0 fully saturated rings. The van der Waals surface area contributed by atoms with Gasteiger partial charge in [0.2, 0.25) is 0 Å². The molecule has 0 aliphatic carbocycles. The number of rotatable bonds is 9. The lowest BCUT2D eigenvalue weighted by Gasteiger charge is -2.32. The highest BCUT2D eigenvalue weighted by atomic mass is 31.1. The maximum atomic E-state index is 6.28. The fourth-order valence-corrected chi connectivity index (χ4v) is 5.04. The Kier molecular flexibility index (Phi) is 7.25. The van der Waals surface area contributed by atoms with E-state index >= 15 is 0 Å². The summed E-state index contributed by atoms with van der Waals surface area (Å²) in [5, 5.41) is 4.77. The third-order valence-corrected chi connectivity index (χ3v) is 7.15. The van der Waals surface area contributed by atoms with E-state index in [4.69, 9.17) is 4.74 Å². The maximum Gasteiger partial charge on any atom is 0.123 e. The van der Waals surface area contributed by atoms with Crippen LogP contribution in [0.15, 0.2) is 78.9 Å². The van der Waals surface area contributed by atoms with Gasteiger partial charge in [-0.3, -0.25) is 0 Å². The van der Waals surface area contributed by atoms with Crippen LogP contribution in [0, 0.1) is 0 Å². The summed E-state index contributed by atoms with van der Waals surface area (Å²) in [6, 6.07) is 27.7. The van der Waals surface area contributed by atoms with Crippen LogP contribution in [0.4, 0.5) is 0 Å². The molecule has 146 valence electrons. The summed E-state index contributed by atoms with van der Waals surface area (Å²) in [7, 11) is 2.69. The van der Waals surface area contributed by atoms with E-state index in [0.717, 1.165) is 18.7 Å². The molecule has 2 nitrogen and oxygen atoms in total. The van der Waals surface area contributed by atoms with Crippen molar-refractivity contribution in [3.63, 3.8) is 0 Å². The average molecular weight is 391 g/mol. The van der Waals surface area contributed by atoms with Crippen LogP contribution in [0.25, 0.3) is 0 Å². The van der Waals surface area contributed by atoms with Crippen LogP contribution < -0.4 is 15.4 Å². The number of hydrogen-bond acceptors (Lipinski definition) is 2. The zero-order chi connectivity index (χ0) is 19.8. The van der Waals surface area contributed by atoms with E-state index in [-0.39, 0.29) is 5.16 Å². The zero-order valence-electron chi connectivity index (χ0n) is 17.0. The van der Waals surface area contributed by atoms with Crippen molar-refractivity contribution in [1.82, 2.24) is 5.32 Å². The SMILES string of the molecule is CCC(C)(Pc1ccccc1CNC)c1ccccc1OCc1ccccc1. The highest BCUT2D eigenvalue weighted by Gasteiger charge is 2.29. The van der Waals surface area contributed by atoms with Crippen molar-refractivity contribution in [3.8, 4) is 5.75 Å². The molecule has 0 saturated carbocycles. The Morgan fingerprint density at radius 1 is 0.893 bits per heavy atom. The minimum Gasteiger partial charge on any atom is -0.489 e. The Balaban J connectivity index is 1.87. The van der Waals surface area contributed by atoms with E-state index in [1.54, 1.807) is 0 Å². The summed E-state index contributed by atoms with van der Waals surface area (Å²) in [4.78, 5) is 0. The van der Waals surface area contributed by atoms with Gasteiger partial charge in [-0.25, -0.2) is 0 Å². The van der Waals surface area contributed by atoms with E-state index in [9.17, 15) is 0 Å². The molecule has 28 heavy (non-hydrogen) atoms. The first kappa shape index (κ1) is 20.6. The monoisotopic (exact) mass is 391 g/mol. The molecule has 3 aromatic carbocycles. The van der Waals surface area contributed by atoms with Crippen molar-refractivity contribution in [2.75, 3.05) is 7.05 Å². The van der Waals surface area contributed by atoms with Crippen LogP contribution in [0.1, 0.15) is 37.0 Å². The summed E-state index contributed by atoms with van der Waals surface area (Å²) in [6.07, 6.45) is 1.06. The number of ether oxygens (including phenoxy) is 1. The summed E-state index contributed by atoms with van der Waals surface area (Å²) >= 11 is 0. The summed E-state index contributed by atoms with van der Waals surface area (Å²) in [6.45, 7) is 6.14. The van der Waals surface area contributed by atoms with Crippen LogP contribution in [0.3, 0.4) is 0 Å². The molecule has 0 aliphatic heterocycles. The lowest BCUT2D eigenvalue weighted by atomic mass is 9.96. The third-order valence-electron chi connectivity index (χ3n) is 5.22. The molecule has 3 rings (SSSR count). The second-order valence-electron chi connectivity index (χ2n) is 7.27. The van der Waals surface area contributed by atoms with Crippen molar-refractivity contribution < 1.29 is 4.74 Å². The van der Waals surface area contributed by atoms with E-state index < -0.39 is 0 Å². The fourth-order valence-electron chi connectivity index (χ4n) is 3.41. The standard InChI is InChI=1S/C25H30NOP/c1-4-25(2,28-24-17-11-8-14-21(24)18-26-3)22-15-9-10-16-23(22)27-19-20-12-6-5-7-13-20/h5-17,26,28H,4,18-19H2,1-3H3. The molecule has 0 spiro atoms. The quantitative estimate of drug-likeness (QED) is 0.479. The molecule has 0 aliphatic rings. The molecular formula is C25H30NOP. The van der Waals surface area contributed by atoms with Gasteiger partial charge in [-0.2, -0.15) is 0 Å². The van der Waals surface area contributed by atoms with Gasteiger partial charge in [0.1, 0.15) is 12.4 Å². The number of nitrogens with one attached hydrogen (secondary N) is 1. The minimum absolute atomic E-state index is 0.0388. The van der Waals surface area contributed by atoms with E-state index in [0.29, 0.717) is 15.2 Å². The van der Waals surface area contributed by atoms with Crippen LogP contribution in [0.2, 0.25) is 0 Å². The van der Waals surface area contributed by atoms with E-state index in [1.165, 1.54) is 22.0 Å². The van der Waals surface area contributed by atoms with Crippen LogP contribution in [-0.2, 0) is 18.3 Å². The molecule has 3 heteroatoms. The fraction of sp³-hybridized carbons (Fsp3) is 0.280. The summed E-state index contributed by atoms with van der Waals surface area (Å²) in [5.74, 6) is 0.995. The molecule has 1 N–H and O–H groups in total. The van der Waals surface area contributed by atoms with Crippen LogP contribution >= 0.6 is 8.58 Å². The smallest absolute Gasteiger partial charge is 0.123 e. The second-order valence-corrected chi connectivity index (χ2v) is 9.16. The molecule has 0 amide bonds.